The van der Waals surface area contributed by atoms with Crippen LogP contribution in [0.1, 0.15) is 53.3 Å². The van der Waals surface area contributed by atoms with Gasteiger partial charge in [0, 0.05) is 18.7 Å². The van der Waals surface area contributed by atoms with Gasteiger partial charge in [-0.1, -0.05) is 30.3 Å². The molecule has 1 aliphatic carbocycles. The van der Waals surface area contributed by atoms with E-state index in [-0.39, 0.29) is 5.91 Å². The molecule has 4 heteroatoms. The first-order chi connectivity index (χ1) is 11.1. The van der Waals surface area contributed by atoms with Crippen LogP contribution in [0.5, 0.6) is 0 Å². The molecule has 2 aromatic rings. The van der Waals surface area contributed by atoms with E-state index in [1.54, 1.807) is 0 Å². The van der Waals surface area contributed by atoms with Crippen molar-refractivity contribution in [2.75, 3.05) is 7.05 Å². The van der Waals surface area contributed by atoms with Crippen molar-refractivity contribution < 1.29 is 9.21 Å². The van der Waals surface area contributed by atoms with Gasteiger partial charge in [0.05, 0.1) is 0 Å². The van der Waals surface area contributed by atoms with Crippen molar-refractivity contribution >= 4 is 21.8 Å². The van der Waals surface area contributed by atoms with Gasteiger partial charge in [-0.15, -0.1) is 0 Å². The maximum absolute atomic E-state index is 12.6. The molecule has 3 nitrogen and oxygen atoms in total. The van der Waals surface area contributed by atoms with Crippen LogP contribution in [0.2, 0.25) is 0 Å². The summed E-state index contributed by atoms with van der Waals surface area (Å²) in [6.07, 6.45) is 4.35. The van der Waals surface area contributed by atoms with Crippen LogP contribution in [0.3, 0.4) is 0 Å². The molecule has 0 aliphatic heterocycles. The zero-order valence-corrected chi connectivity index (χ0v) is 15.2. The Morgan fingerprint density at radius 2 is 1.83 bits per heavy atom. The van der Waals surface area contributed by atoms with Gasteiger partial charge in [0.25, 0.3) is 5.91 Å². The van der Waals surface area contributed by atoms with Crippen molar-refractivity contribution in [2.45, 2.75) is 44.6 Å². The molecule has 0 spiro atoms. The molecule has 0 N–H and O–H groups in total. The van der Waals surface area contributed by atoms with Gasteiger partial charge >= 0.3 is 0 Å². The second-order valence-electron chi connectivity index (χ2n) is 6.39. The summed E-state index contributed by atoms with van der Waals surface area (Å²) in [6.45, 7) is 1.90. The van der Waals surface area contributed by atoms with Gasteiger partial charge in [-0.2, -0.15) is 0 Å². The zero-order valence-electron chi connectivity index (χ0n) is 13.6. The molecule has 1 heterocycles. The number of aryl methyl sites for hydroxylation is 1. The highest BCUT2D eigenvalue weighted by atomic mass is 79.9. The number of hydrogen-bond acceptors (Lipinski definition) is 2. The Labute approximate surface area is 145 Å². The van der Waals surface area contributed by atoms with Crippen molar-refractivity contribution in [3.8, 4) is 0 Å². The molecule has 122 valence electrons. The molecule has 3 rings (SSSR count). The third-order valence-electron chi connectivity index (χ3n) is 4.92. The summed E-state index contributed by atoms with van der Waals surface area (Å²) in [5, 5.41) is 0. The molecule has 23 heavy (non-hydrogen) atoms. The zero-order chi connectivity index (χ0) is 16.4. The van der Waals surface area contributed by atoms with E-state index in [4.69, 9.17) is 4.42 Å². The number of nitrogens with zero attached hydrogens (tertiary/aromatic N) is 1. The molecule has 1 saturated carbocycles. The highest BCUT2D eigenvalue weighted by Gasteiger charge is 2.29. The van der Waals surface area contributed by atoms with E-state index < -0.39 is 0 Å². The standard InChI is InChI=1S/C19H22BrNO2/c1-13-12-17(20)23-18(13)19(22)21(2)16-10-8-15(9-11-16)14-6-4-3-5-7-14/h3-7,12,15-16H,8-11H2,1-2H3. The molecule has 1 fully saturated rings. The van der Waals surface area contributed by atoms with Crippen LogP contribution in [0, 0.1) is 6.92 Å². The maximum atomic E-state index is 12.6. The molecule has 0 bridgehead atoms. The smallest absolute Gasteiger partial charge is 0.289 e. The lowest BCUT2D eigenvalue weighted by molar-refractivity contribution is 0.0655. The Kier molecular flexibility index (Phi) is 4.90. The van der Waals surface area contributed by atoms with Gasteiger partial charge in [0.1, 0.15) is 0 Å². The largest absolute Gasteiger partial charge is 0.444 e. The monoisotopic (exact) mass is 375 g/mol. The number of rotatable bonds is 3. The van der Waals surface area contributed by atoms with Crippen molar-refractivity contribution in [1.29, 1.82) is 0 Å². The van der Waals surface area contributed by atoms with Crippen LogP contribution in [-0.2, 0) is 0 Å². The Balaban J connectivity index is 1.63. The van der Waals surface area contributed by atoms with E-state index in [1.165, 1.54) is 5.56 Å². The molecule has 0 radical (unpaired) electrons. The first-order valence-corrected chi connectivity index (χ1v) is 8.93. The number of benzene rings is 1. The minimum atomic E-state index is -0.0173. The molecule has 1 amide bonds. The van der Waals surface area contributed by atoms with Crippen LogP contribution in [0.15, 0.2) is 45.5 Å². The van der Waals surface area contributed by atoms with E-state index in [1.807, 2.05) is 24.9 Å². The van der Waals surface area contributed by atoms with E-state index in [9.17, 15) is 4.79 Å². The summed E-state index contributed by atoms with van der Waals surface area (Å²) in [4.78, 5) is 14.5. The van der Waals surface area contributed by atoms with Gasteiger partial charge in [0.15, 0.2) is 10.4 Å². The van der Waals surface area contributed by atoms with Crippen molar-refractivity contribution in [2.24, 2.45) is 0 Å². The lowest BCUT2D eigenvalue weighted by Gasteiger charge is -2.34. The summed E-state index contributed by atoms with van der Waals surface area (Å²) in [5.41, 5.74) is 2.30. The number of halogens is 1. The van der Waals surface area contributed by atoms with Crippen LogP contribution >= 0.6 is 15.9 Å². The quantitative estimate of drug-likeness (QED) is 0.742. The number of carbonyl (C=O) groups is 1. The molecular weight excluding hydrogens is 354 g/mol. The van der Waals surface area contributed by atoms with Crippen molar-refractivity contribution in [1.82, 2.24) is 4.90 Å². The lowest BCUT2D eigenvalue weighted by Crippen LogP contribution is -2.39. The summed E-state index contributed by atoms with van der Waals surface area (Å²) >= 11 is 3.29. The van der Waals surface area contributed by atoms with E-state index >= 15 is 0 Å². The molecule has 1 aliphatic rings. The normalized spacial score (nSPS) is 21.2. The first kappa shape index (κ1) is 16.3. The summed E-state index contributed by atoms with van der Waals surface area (Å²) in [6, 6.07) is 12.8. The third-order valence-corrected chi connectivity index (χ3v) is 5.31. The Hall–Kier alpha value is -1.55. The average molecular weight is 376 g/mol. The summed E-state index contributed by atoms with van der Waals surface area (Å²) < 4.78 is 6.11. The maximum Gasteiger partial charge on any atom is 0.289 e. The number of amides is 1. The first-order valence-electron chi connectivity index (χ1n) is 8.14. The van der Waals surface area contributed by atoms with Crippen LogP contribution in [0.4, 0.5) is 0 Å². The Bertz CT molecular complexity index is 672. The second-order valence-corrected chi connectivity index (χ2v) is 7.18. The number of carbonyl (C=O) groups excluding carboxylic acids is 1. The van der Waals surface area contributed by atoms with Gasteiger partial charge in [-0.25, -0.2) is 0 Å². The predicted molar refractivity (Wildman–Crippen MR) is 94.7 cm³/mol. The Morgan fingerprint density at radius 1 is 1.17 bits per heavy atom. The van der Waals surface area contributed by atoms with Crippen LogP contribution in [-0.4, -0.2) is 23.9 Å². The fourth-order valence-electron chi connectivity index (χ4n) is 3.50. The molecule has 0 saturated heterocycles. The summed E-state index contributed by atoms with van der Waals surface area (Å²) in [7, 11) is 1.89. The molecular formula is C19H22BrNO2. The molecule has 0 atom stereocenters. The lowest BCUT2D eigenvalue weighted by atomic mass is 9.81. The van der Waals surface area contributed by atoms with E-state index in [0.717, 1.165) is 31.2 Å². The Morgan fingerprint density at radius 3 is 2.39 bits per heavy atom. The van der Waals surface area contributed by atoms with Gasteiger partial charge in [-0.05, 0) is 66.1 Å². The highest BCUT2D eigenvalue weighted by Crippen LogP contribution is 2.35. The van der Waals surface area contributed by atoms with Crippen LogP contribution in [0.25, 0.3) is 0 Å². The molecule has 1 aromatic carbocycles. The van der Waals surface area contributed by atoms with Gasteiger partial charge in [0.2, 0.25) is 0 Å². The van der Waals surface area contributed by atoms with Crippen LogP contribution < -0.4 is 0 Å². The third kappa shape index (κ3) is 3.52. The average Bonchev–Trinajstić information content (AvgIpc) is 2.93. The molecule has 1 aromatic heterocycles. The van der Waals surface area contributed by atoms with Crippen molar-refractivity contribution in [3.05, 3.63) is 58.0 Å². The fourth-order valence-corrected chi connectivity index (χ4v) is 4.01. The minimum absolute atomic E-state index is 0.0173. The van der Waals surface area contributed by atoms with Gasteiger partial charge < -0.3 is 9.32 Å². The highest BCUT2D eigenvalue weighted by molar-refractivity contribution is 9.10. The summed E-state index contributed by atoms with van der Waals surface area (Å²) in [5.74, 6) is 1.05. The predicted octanol–water partition coefficient (Wildman–Crippen LogP) is 5.15. The fraction of sp³-hybridized carbons (Fsp3) is 0.421. The SMILES string of the molecule is Cc1cc(Br)oc1C(=O)N(C)C1CCC(c2ccccc2)CC1. The number of furan rings is 1. The second kappa shape index (κ2) is 6.91. The van der Waals surface area contributed by atoms with E-state index in [0.29, 0.717) is 22.4 Å². The number of hydrogen-bond donors (Lipinski definition) is 0. The molecule has 0 unspecified atom stereocenters. The van der Waals surface area contributed by atoms with Gasteiger partial charge in [-0.3, -0.25) is 4.79 Å². The minimum Gasteiger partial charge on any atom is -0.444 e. The van der Waals surface area contributed by atoms with E-state index in [2.05, 4.69) is 46.3 Å². The topological polar surface area (TPSA) is 33.5 Å². The van der Waals surface area contributed by atoms with Crippen molar-refractivity contribution in [3.63, 3.8) is 0 Å².